The lowest BCUT2D eigenvalue weighted by Crippen LogP contribution is -2.52. The van der Waals surface area contributed by atoms with Crippen molar-refractivity contribution in [1.29, 1.82) is 0 Å². The fourth-order valence-corrected chi connectivity index (χ4v) is 2.15. The van der Waals surface area contributed by atoms with Crippen molar-refractivity contribution in [2.45, 2.75) is 65.2 Å². The number of amides is 2. The summed E-state index contributed by atoms with van der Waals surface area (Å²) < 4.78 is 28.3. The number of benzene rings is 1. The average molecular weight is 421 g/mol. The van der Waals surface area contributed by atoms with E-state index >= 15 is 0 Å². The minimum atomic E-state index is -1.40. The molecular weight excluding hydrogens is 393 g/mol. The molecule has 0 aromatic heterocycles. The number of halogens is 1. The molecule has 0 heterocycles. The number of carbonyl (C=O) groups is 3. The molecule has 1 atom stereocenters. The van der Waals surface area contributed by atoms with Gasteiger partial charge in [0.1, 0.15) is 17.0 Å². The third kappa shape index (κ3) is 8.52. The van der Waals surface area contributed by atoms with E-state index in [9.17, 15) is 18.8 Å². The Bertz CT molecular complexity index is 796. The van der Waals surface area contributed by atoms with Crippen LogP contribution in [0.1, 0.15) is 53.5 Å². The molecule has 1 aromatic carbocycles. The standard InChI is InChI=1S/C22H28FNO6/c1-21(2,3)29-19(26)24(20(27)30-22(4,5)6)17(18(25)28-7)10-8-9-15-11-13-16(23)14-12-15/h11-14,17H,10H2,1-7H3/t17-/m0/s1. The molecular formula is C22H28FNO6. The summed E-state index contributed by atoms with van der Waals surface area (Å²) >= 11 is 0. The smallest absolute Gasteiger partial charge is 0.420 e. The lowest BCUT2D eigenvalue weighted by atomic mass is 10.1. The number of esters is 1. The van der Waals surface area contributed by atoms with Gasteiger partial charge >= 0.3 is 18.2 Å². The highest BCUT2D eigenvalue weighted by molar-refractivity contribution is 5.94. The third-order valence-corrected chi connectivity index (χ3v) is 3.34. The first kappa shape index (κ1) is 25.0. The Labute approximate surface area is 176 Å². The summed E-state index contributed by atoms with van der Waals surface area (Å²) in [6.45, 7) is 9.75. The molecule has 0 spiro atoms. The van der Waals surface area contributed by atoms with Crippen LogP contribution in [0.3, 0.4) is 0 Å². The van der Waals surface area contributed by atoms with Crippen LogP contribution in [-0.2, 0) is 19.0 Å². The molecule has 30 heavy (non-hydrogen) atoms. The van der Waals surface area contributed by atoms with E-state index in [2.05, 4.69) is 11.8 Å². The number of nitrogens with zero attached hydrogens (tertiary/aromatic N) is 1. The Morgan fingerprint density at radius 1 is 0.967 bits per heavy atom. The van der Waals surface area contributed by atoms with Gasteiger partial charge in [-0.25, -0.2) is 18.8 Å². The van der Waals surface area contributed by atoms with Crippen LogP contribution >= 0.6 is 0 Å². The van der Waals surface area contributed by atoms with E-state index in [1.807, 2.05) is 0 Å². The van der Waals surface area contributed by atoms with Crippen molar-refractivity contribution in [2.75, 3.05) is 7.11 Å². The number of rotatable bonds is 3. The van der Waals surface area contributed by atoms with Gasteiger partial charge in [0.25, 0.3) is 0 Å². The average Bonchev–Trinajstić information content (AvgIpc) is 2.58. The summed E-state index contributed by atoms with van der Waals surface area (Å²) in [5, 5.41) is 0. The minimum absolute atomic E-state index is 0.234. The van der Waals surface area contributed by atoms with E-state index < -0.39 is 41.2 Å². The second-order valence-electron chi connectivity index (χ2n) is 8.38. The highest BCUT2D eigenvalue weighted by atomic mass is 19.1. The van der Waals surface area contributed by atoms with Crippen molar-refractivity contribution < 1.29 is 33.0 Å². The Balaban J connectivity index is 3.25. The highest BCUT2D eigenvalue weighted by Crippen LogP contribution is 2.19. The van der Waals surface area contributed by atoms with E-state index in [1.165, 1.54) is 24.3 Å². The summed E-state index contributed by atoms with van der Waals surface area (Å²) in [6.07, 6.45) is -2.35. The van der Waals surface area contributed by atoms with Gasteiger partial charge in [0.15, 0.2) is 6.04 Å². The molecule has 0 aliphatic rings. The number of imide groups is 1. The van der Waals surface area contributed by atoms with Crippen molar-refractivity contribution in [3.05, 3.63) is 35.6 Å². The van der Waals surface area contributed by atoms with Gasteiger partial charge in [-0.15, -0.1) is 0 Å². The Hall–Kier alpha value is -3.08. The van der Waals surface area contributed by atoms with Crippen LogP contribution in [0.5, 0.6) is 0 Å². The maximum atomic E-state index is 13.0. The fraction of sp³-hybridized carbons (Fsp3) is 0.500. The number of hydrogen-bond donors (Lipinski definition) is 0. The Morgan fingerprint density at radius 3 is 1.83 bits per heavy atom. The lowest BCUT2D eigenvalue weighted by Gasteiger charge is -2.31. The zero-order chi connectivity index (χ0) is 23.1. The molecule has 1 aromatic rings. The van der Waals surface area contributed by atoms with Crippen LogP contribution in [0.15, 0.2) is 24.3 Å². The zero-order valence-corrected chi connectivity index (χ0v) is 18.4. The minimum Gasteiger partial charge on any atom is -0.467 e. The molecule has 7 nitrogen and oxygen atoms in total. The lowest BCUT2D eigenvalue weighted by molar-refractivity contribution is -0.146. The topological polar surface area (TPSA) is 82.1 Å². The maximum Gasteiger partial charge on any atom is 0.420 e. The number of ether oxygens (including phenoxy) is 3. The van der Waals surface area contributed by atoms with E-state index in [0.29, 0.717) is 10.5 Å². The van der Waals surface area contributed by atoms with Crippen LogP contribution in [0.25, 0.3) is 0 Å². The maximum absolute atomic E-state index is 13.0. The van der Waals surface area contributed by atoms with Gasteiger partial charge in [0, 0.05) is 12.0 Å². The quantitative estimate of drug-likeness (QED) is 0.412. The monoisotopic (exact) mass is 421 g/mol. The van der Waals surface area contributed by atoms with Gasteiger partial charge in [-0.05, 0) is 65.8 Å². The van der Waals surface area contributed by atoms with Crippen molar-refractivity contribution in [3.8, 4) is 11.8 Å². The van der Waals surface area contributed by atoms with Gasteiger partial charge < -0.3 is 14.2 Å². The molecule has 0 radical (unpaired) electrons. The Morgan fingerprint density at radius 2 is 1.43 bits per heavy atom. The SMILES string of the molecule is COC(=O)[C@H](CC#Cc1ccc(F)cc1)N(C(=O)OC(C)(C)C)C(=O)OC(C)(C)C. The van der Waals surface area contributed by atoms with E-state index in [0.717, 1.165) is 7.11 Å². The number of methoxy groups -OCH3 is 1. The second-order valence-corrected chi connectivity index (χ2v) is 8.38. The van der Waals surface area contributed by atoms with E-state index in [4.69, 9.17) is 14.2 Å². The molecule has 0 saturated carbocycles. The molecule has 1 rings (SSSR count). The van der Waals surface area contributed by atoms with E-state index in [-0.39, 0.29) is 6.42 Å². The molecule has 0 aliphatic carbocycles. The molecule has 8 heteroatoms. The van der Waals surface area contributed by atoms with Crippen LogP contribution in [0.4, 0.5) is 14.0 Å². The predicted molar refractivity (Wildman–Crippen MR) is 108 cm³/mol. The summed E-state index contributed by atoms with van der Waals surface area (Å²) in [7, 11) is 1.13. The van der Waals surface area contributed by atoms with Gasteiger partial charge in [-0.2, -0.15) is 4.90 Å². The summed E-state index contributed by atoms with van der Waals surface area (Å²) in [5.74, 6) is 4.21. The molecule has 0 N–H and O–H groups in total. The first-order valence-corrected chi connectivity index (χ1v) is 9.31. The Kier molecular flexibility index (Phi) is 8.40. The van der Waals surface area contributed by atoms with Crippen LogP contribution < -0.4 is 0 Å². The molecule has 164 valence electrons. The predicted octanol–water partition coefficient (Wildman–Crippen LogP) is 4.28. The first-order valence-electron chi connectivity index (χ1n) is 9.31. The number of hydrogen-bond acceptors (Lipinski definition) is 6. The molecule has 0 unspecified atom stereocenters. The van der Waals surface area contributed by atoms with E-state index in [1.54, 1.807) is 41.5 Å². The zero-order valence-electron chi connectivity index (χ0n) is 18.4. The summed E-state index contributed by atoms with van der Waals surface area (Å²) in [5.41, 5.74) is -1.34. The van der Waals surface area contributed by atoms with Gasteiger partial charge in [0.05, 0.1) is 7.11 Å². The van der Waals surface area contributed by atoms with Crippen LogP contribution in [0, 0.1) is 17.7 Å². The molecule has 0 aliphatic heterocycles. The fourth-order valence-electron chi connectivity index (χ4n) is 2.15. The molecule has 0 fully saturated rings. The van der Waals surface area contributed by atoms with Crippen LogP contribution in [-0.4, -0.2) is 47.4 Å². The first-order chi connectivity index (χ1) is 13.7. The summed E-state index contributed by atoms with van der Waals surface area (Å²) in [6, 6.07) is 4.03. The van der Waals surface area contributed by atoms with Crippen molar-refractivity contribution in [3.63, 3.8) is 0 Å². The van der Waals surface area contributed by atoms with Crippen LogP contribution in [0.2, 0.25) is 0 Å². The van der Waals surface area contributed by atoms with Gasteiger partial charge in [0.2, 0.25) is 0 Å². The normalized spacial score (nSPS) is 12.1. The largest absolute Gasteiger partial charge is 0.467 e. The van der Waals surface area contributed by atoms with Crippen molar-refractivity contribution in [2.24, 2.45) is 0 Å². The molecule has 0 saturated heterocycles. The molecule has 2 amide bonds. The van der Waals surface area contributed by atoms with Crippen molar-refractivity contribution in [1.82, 2.24) is 4.90 Å². The van der Waals surface area contributed by atoms with Gasteiger partial charge in [-0.1, -0.05) is 11.8 Å². The number of carbonyl (C=O) groups excluding carboxylic acids is 3. The molecule has 0 bridgehead atoms. The van der Waals surface area contributed by atoms with Crippen molar-refractivity contribution >= 4 is 18.2 Å². The summed E-state index contributed by atoms with van der Waals surface area (Å²) in [4.78, 5) is 38.4. The van der Waals surface area contributed by atoms with Gasteiger partial charge in [-0.3, -0.25) is 0 Å². The second kappa shape index (κ2) is 10.1. The highest BCUT2D eigenvalue weighted by Gasteiger charge is 2.40. The third-order valence-electron chi connectivity index (χ3n) is 3.34.